The van der Waals surface area contributed by atoms with Crippen molar-refractivity contribution in [2.75, 3.05) is 0 Å². The van der Waals surface area contributed by atoms with E-state index in [2.05, 4.69) is 27.7 Å². The highest BCUT2D eigenvalue weighted by atomic mass is 14.7. The van der Waals surface area contributed by atoms with E-state index in [1.54, 1.807) is 0 Å². The van der Waals surface area contributed by atoms with Crippen LogP contribution in [0.5, 0.6) is 0 Å². The Kier molecular flexibility index (Phi) is 1.41. The Balaban J connectivity index is 2.19. The molecular weight excluding hydrogens is 132 g/mol. The normalized spacial score (nSPS) is 54.8. The van der Waals surface area contributed by atoms with Gasteiger partial charge in [-0.15, -0.1) is 0 Å². The van der Waals surface area contributed by atoms with E-state index in [-0.39, 0.29) is 0 Å². The van der Waals surface area contributed by atoms with Gasteiger partial charge in [0.25, 0.3) is 0 Å². The van der Waals surface area contributed by atoms with Gasteiger partial charge in [-0.05, 0) is 41.9 Å². The van der Waals surface area contributed by atoms with Gasteiger partial charge in [-0.3, -0.25) is 0 Å². The summed E-state index contributed by atoms with van der Waals surface area (Å²) in [4.78, 5) is 0. The summed E-state index contributed by atoms with van der Waals surface area (Å²) in [5.41, 5.74) is 0.791. The molecule has 0 aromatic carbocycles. The smallest absolute Gasteiger partial charge is 0.0215 e. The highest BCUT2D eigenvalue weighted by Crippen LogP contribution is 2.71. The van der Waals surface area contributed by atoms with Crippen molar-refractivity contribution in [3.8, 4) is 0 Å². The van der Waals surface area contributed by atoms with Gasteiger partial charge in [0.2, 0.25) is 0 Å². The summed E-state index contributed by atoms with van der Waals surface area (Å²) in [7, 11) is 0. The van der Waals surface area contributed by atoms with E-state index in [1.807, 2.05) is 0 Å². The van der Waals surface area contributed by atoms with Crippen molar-refractivity contribution >= 4 is 0 Å². The van der Waals surface area contributed by atoms with Crippen LogP contribution in [0.4, 0.5) is 0 Å². The molecule has 0 amide bonds. The van der Waals surface area contributed by atoms with Gasteiger partial charge in [0.05, 0.1) is 0 Å². The fourth-order valence-corrected chi connectivity index (χ4v) is 3.79. The molecule has 2 saturated carbocycles. The summed E-state index contributed by atoms with van der Waals surface area (Å²) in [5, 5.41) is 0. The first-order chi connectivity index (χ1) is 5.09. The maximum absolute atomic E-state index is 2.46. The molecule has 0 heterocycles. The second kappa shape index (κ2) is 2.02. The van der Waals surface area contributed by atoms with Crippen LogP contribution in [0, 0.1) is 29.1 Å². The summed E-state index contributed by atoms with van der Waals surface area (Å²) >= 11 is 0. The monoisotopic (exact) mass is 152 g/mol. The third-order valence-corrected chi connectivity index (χ3v) is 4.51. The van der Waals surface area contributed by atoms with Crippen LogP contribution in [0.15, 0.2) is 0 Å². The average molecular weight is 152 g/mol. The average Bonchev–Trinajstić information content (AvgIpc) is 2.56. The SMILES string of the molecule is CC1CC(C)C2(C(C)C)CC12. The largest absolute Gasteiger partial charge is 0.0622 e. The molecule has 0 spiro atoms. The topological polar surface area (TPSA) is 0 Å². The summed E-state index contributed by atoms with van der Waals surface area (Å²) in [6.45, 7) is 9.73. The first-order valence-electron chi connectivity index (χ1n) is 5.09. The second-order valence-electron chi connectivity index (χ2n) is 5.19. The lowest BCUT2D eigenvalue weighted by molar-refractivity contribution is 0.257. The van der Waals surface area contributed by atoms with Crippen LogP contribution in [-0.4, -0.2) is 0 Å². The van der Waals surface area contributed by atoms with E-state index in [1.165, 1.54) is 12.8 Å². The highest BCUT2D eigenvalue weighted by Gasteiger charge is 2.64. The molecular formula is C11H20. The molecule has 64 valence electrons. The Morgan fingerprint density at radius 3 is 2.09 bits per heavy atom. The summed E-state index contributed by atoms with van der Waals surface area (Å²) in [6.07, 6.45) is 3.02. The van der Waals surface area contributed by atoms with Gasteiger partial charge in [-0.25, -0.2) is 0 Å². The lowest BCUT2D eigenvalue weighted by atomic mass is 9.82. The number of hydrogen-bond donors (Lipinski definition) is 0. The fourth-order valence-electron chi connectivity index (χ4n) is 3.79. The molecule has 0 aromatic rings. The molecule has 4 unspecified atom stereocenters. The minimum atomic E-state index is 0.791. The molecule has 4 atom stereocenters. The molecule has 2 rings (SSSR count). The van der Waals surface area contributed by atoms with Crippen LogP contribution in [0.2, 0.25) is 0 Å². The zero-order valence-electron chi connectivity index (χ0n) is 8.22. The minimum absolute atomic E-state index is 0.791. The molecule has 2 aliphatic rings. The number of rotatable bonds is 1. The van der Waals surface area contributed by atoms with Gasteiger partial charge < -0.3 is 0 Å². The highest BCUT2D eigenvalue weighted by molar-refractivity contribution is 5.13. The molecule has 0 radical (unpaired) electrons. The Morgan fingerprint density at radius 2 is 1.91 bits per heavy atom. The Labute approximate surface area is 70.4 Å². The summed E-state index contributed by atoms with van der Waals surface area (Å²) in [6, 6.07) is 0. The lowest BCUT2D eigenvalue weighted by Gasteiger charge is -2.23. The van der Waals surface area contributed by atoms with Crippen molar-refractivity contribution in [3.63, 3.8) is 0 Å². The first kappa shape index (κ1) is 7.64. The maximum atomic E-state index is 2.46. The van der Waals surface area contributed by atoms with E-state index in [0.717, 1.165) is 29.1 Å². The van der Waals surface area contributed by atoms with Crippen molar-refractivity contribution < 1.29 is 0 Å². The zero-order chi connectivity index (χ0) is 8.22. The van der Waals surface area contributed by atoms with Crippen molar-refractivity contribution in [2.24, 2.45) is 29.1 Å². The van der Waals surface area contributed by atoms with Gasteiger partial charge in [0, 0.05) is 0 Å². The molecule has 0 N–H and O–H groups in total. The number of fused-ring (bicyclic) bond motifs is 1. The van der Waals surface area contributed by atoms with Crippen molar-refractivity contribution in [3.05, 3.63) is 0 Å². The maximum Gasteiger partial charge on any atom is -0.0215 e. The predicted octanol–water partition coefficient (Wildman–Crippen LogP) is 3.32. The molecule has 0 aromatic heterocycles. The number of hydrogen-bond acceptors (Lipinski definition) is 0. The van der Waals surface area contributed by atoms with Gasteiger partial charge in [0.15, 0.2) is 0 Å². The molecule has 0 aliphatic heterocycles. The van der Waals surface area contributed by atoms with Crippen LogP contribution in [0.25, 0.3) is 0 Å². The third-order valence-electron chi connectivity index (χ3n) is 4.51. The van der Waals surface area contributed by atoms with Gasteiger partial charge in [-0.1, -0.05) is 27.7 Å². The molecule has 0 heteroatoms. The lowest BCUT2D eigenvalue weighted by Crippen LogP contribution is -2.16. The van der Waals surface area contributed by atoms with Crippen molar-refractivity contribution in [1.82, 2.24) is 0 Å². The Bertz CT molecular complexity index is 167. The van der Waals surface area contributed by atoms with E-state index >= 15 is 0 Å². The van der Waals surface area contributed by atoms with Crippen LogP contribution < -0.4 is 0 Å². The van der Waals surface area contributed by atoms with E-state index < -0.39 is 0 Å². The van der Waals surface area contributed by atoms with Crippen molar-refractivity contribution in [1.29, 1.82) is 0 Å². The Morgan fingerprint density at radius 1 is 1.27 bits per heavy atom. The predicted molar refractivity (Wildman–Crippen MR) is 48.3 cm³/mol. The molecule has 11 heavy (non-hydrogen) atoms. The second-order valence-corrected chi connectivity index (χ2v) is 5.19. The van der Waals surface area contributed by atoms with E-state index in [4.69, 9.17) is 0 Å². The quantitative estimate of drug-likeness (QED) is 0.540. The first-order valence-corrected chi connectivity index (χ1v) is 5.09. The molecule has 0 nitrogen and oxygen atoms in total. The molecule has 2 aliphatic carbocycles. The Hall–Kier alpha value is 0. The summed E-state index contributed by atoms with van der Waals surface area (Å²) < 4.78 is 0. The minimum Gasteiger partial charge on any atom is -0.0622 e. The van der Waals surface area contributed by atoms with E-state index in [0.29, 0.717) is 0 Å². The van der Waals surface area contributed by atoms with E-state index in [9.17, 15) is 0 Å². The third kappa shape index (κ3) is 0.761. The fraction of sp³-hybridized carbons (Fsp3) is 1.00. The van der Waals surface area contributed by atoms with Crippen LogP contribution >= 0.6 is 0 Å². The summed E-state index contributed by atoms with van der Waals surface area (Å²) in [5.74, 6) is 4.04. The van der Waals surface area contributed by atoms with Gasteiger partial charge in [0.1, 0.15) is 0 Å². The van der Waals surface area contributed by atoms with Crippen LogP contribution in [0.1, 0.15) is 40.5 Å². The van der Waals surface area contributed by atoms with Gasteiger partial charge >= 0.3 is 0 Å². The molecule has 0 bridgehead atoms. The van der Waals surface area contributed by atoms with Gasteiger partial charge in [-0.2, -0.15) is 0 Å². The molecule has 2 fully saturated rings. The zero-order valence-corrected chi connectivity index (χ0v) is 8.22. The van der Waals surface area contributed by atoms with Crippen LogP contribution in [0.3, 0.4) is 0 Å². The molecule has 0 saturated heterocycles. The van der Waals surface area contributed by atoms with Crippen LogP contribution in [-0.2, 0) is 0 Å². The van der Waals surface area contributed by atoms with Crippen molar-refractivity contribution in [2.45, 2.75) is 40.5 Å². The standard InChI is InChI=1S/C11H20/c1-7(2)11-6-10(11)8(3)5-9(11)4/h7-10H,5-6H2,1-4H3.